The summed E-state index contributed by atoms with van der Waals surface area (Å²) in [5.41, 5.74) is 1.20. The van der Waals surface area contributed by atoms with E-state index in [-0.39, 0.29) is 5.91 Å². The minimum absolute atomic E-state index is 0.196. The molecular weight excluding hydrogens is 314 g/mol. The highest BCUT2D eigenvalue weighted by molar-refractivity contribution is 6.06. The molecule has 0 atom stereocenters. The number of anilines is 1. The first-order valence-corrected chi connectivity index (χ1v) is 9.01. The second-order valence-corrected chi connectivity index (χ2v) is 5.85. The highest BCUT2D eigenvalue weighted by atomic mass is 16.5. The average molecular weight is 341 g/mol. The van der Waals surface area contributed by atoms with Crippen LogP contribution in [0.2, 0.25) is 0 Å². The lowest BCUT2D eigenvalue weighted by Crippen LogP contribution is -2.15. The molecule has 0 radical (unpaired) electrons. The maximum atomic E-state index is 12.7. The Kier molecular flexibility index (Phi) is 7.83. The number of benzene rings is 2. The summed E-state index contributed by atoms with van der Waals surface area (Å²) in [7, 11) is 0. The van der Waals surface area contributed by atoms with Gasteiger partial charge in [-0.3, -0.25) is 4.79 Å². The largest absolute Gasteiger partial charge is 0.493 e. The lowest BCUT2D eigenvalue weighted by molar-refractivity contribution is 0.102. The minimum Gasteiger partial charge on any atom is -0.493 e. The van der Waals surface area contributed by atoms with Gasteiger partial charge in [0.1, 0.15) is 11.5 Å². The Bertz CT molecular complexity index is 670. The Morgan fingerprint density at radius 1 is 0.840 bits per heavy atom. The number of nitrogens with one attached hydrogen (secondary N) is 1. The number of hydrogen-bond acceptors (Lipinski definition) is 3. The molecule has 2 aromatic carbocycles. The number of ether oxygens (including phenoxy) is 2. The number of carbonyl (C=O) groups excluding carboxylic acids is 1. The second kappa shape index (κ2) is 10.4. The van der Waals surface area contributed by atoms with Crippen molar-refractivity contribution < 1.29 is 14.3 Å². The number of amides is 1. The smallest absolute Gasteiger partial charge is 0.259 e. The quantitative estimate of drug-likeness (QED) is 0.597. The molecule has 0 aliphatic heterocycles. The first kappa shape index (κ1) is 18.8. The van der Waals surface area contributed by atoms with Gasteiger partial charge in [0, 0.05) is 0 Å². The van der Waals surface area contributed by atoms with Crippen LogP contribution in [-0.2, 0) is 0 Å². The van der Waals surface area contributed by atoms with Gasteiger partial charge in [-0.05, 0) is 37.1 Å². The summed E-state index contributed by atoms with van der Waals surface area (Å²) in [5, 5.41) is 2.94. The summed E-state index contributed by atoms with van der Waals surface area (Å²) in [5.74, 6) is 1.10. The molecule has 25 heavy (non-hydrogen) atoms. The summed E-state index contributed by atoms with van der Waals surface area (Å²) >= 11 is 0. The lowest BCUT2D eigenvalue weighted by Gasteiger charge is -2.14. The number of hydrogen-bond donors (Lipinski definition) is 1. The van der Waals surface area contributed by atoms with Crippen LogP contribution >= 0.6 is 0 Å². The van der Waals surface area contributed by atoms with Gasteiger partial charge in [-0.2, -0.15) is 0 Å². The van der Waals surface area contributed by atoms with E-state index in [1.165, 1.54) is 0 Å². The SMILES string of the molecule is CCCCOc1ccccc1NC(=O)c1ccccc1OCCCC. The fourth-order valence-electron chi connectivity index (χ4n) is 2.32. The predicted molar refractivity (Wildman–Crippen MR) is 102 cm³/mol. The standard InChI is InChI=1S/C21H27NO3/c1-3-5-15-24-19-13-9-7-11-17(19)21(23)22-18-12-8-10-14-20(18)25-16-6-4-2/h7-14H,3-6,15-16H2,1-2H3,(H,22,23). The highest BCUT2D eigenvalue weighted by Crippen LogP contribution is 2.26. The van der Waals surface area contributed by atoms with Crippen molar-refractivity contribution in [2.24, 2.45) is 0 Å². The second-order valence-electron chi connectivity index (χ2n) is 5.85. The Morgan fingerprint density at radius 3 is 2.08 bits per heavy atom. The van der Waals surface area contributed by atoms with E-state index in [9.17, 15) is 4.79 Å². The molecule has 0 saturated heterocycles. The molecule has 1 N–H and O–H groups in total. The van der Waals surface area contributed by atoms with Gasteiger partial charge in [0.15, 0.2) is 0 Å². The van der Waals surface area contributed by atoms with E-state index in [0.717, 1.165) is 25.7 Å². The third-order valence-electron chi connectivity index (χ3n) is 3.78. The van der Waals surface area contributed by atoms with Crippen LogP contribution < -0.4 is 14.8 Å². The summed E-state index contributed by atoms with van der Waals surface area (Å²) in [6.07, 6.45) is 4.06. The van der Waals surface area contributed by atoms with Gasteiger partial charge in [0.2, 0.25) is 0 Å². The van der Waals surface area contributed by atoms with E-state index in [0.29, 0.717) is 36.0 Å². The van der Waals surface area contributed by atoms with Crippen LogP contribution in [0.4, 0.5) is 5.69 Å². The summed E-state index contributed by atoms with van der Waals surface area (Å²) < 4.78 is 11.5. The molecule has 0 unspecified atom stereocenters. The average Bonchev–Trinajstić information content (AvgIpc) is 2.64. The van der Waals surface area contributed by atoms with Crippen molar-refractivity contribution >= 4 is 11.6 Å². The van der Waals surface area contributed by atoms with Gasteiger partial charge >= 0.3 is 0 Å². The van der Waals surface area contributed by atoms with Crippen molar-refractivity contribution in [2.75, 3.05) is 18.5 Å². The normalized spacial score (nSPS) is 10.3. The van der Waals surface area contributed by atoms with Crippen molar-refractivity contribution in [3.8, 4) is 11.5 Å². The maximum Gasteiger partial charge on any atom is 0.259 e. The number of carbonyl (C=O) groups is 1. The van der Waals surface area contributed by atoms with Gasteiger partial charge < -0.3 is 14.8 Å². The first-order chi connectivity index (χ1) is 12.3. The Hall–Kier alpha value is -2.49. The molecule has 4 nitrogen and oxygen atoms in total. The van der Waals surface area contributed by atoms with Crippen LogP contribution in [0.15, 0.2) is 48.5 Å². The van der Waals surface area contributed by atoms with Crippen molar-refractivity contribution in [3.63, 3.8) is 0 Å². The molecule has 1 amide bonds. The van der Waals surface area contributed by atoms with Gasteiger partial charge in [-0.25, -0.2) is 0 Å². The monoisotopic (exact) mass is 341 g/mol. The van der Waals surface area contributed by atoms with Crippen LogP contribution in [0, 0.1) is 0 Å². The van der Waals surface area contributed by atoms with Gasteiger partial charge in [-0.15, -0.1) is 0 Å². The molecule has 0 aliphatic rings. The maximum absolute atomic E-state index is 12.7. The van der Waals surface area contributed by atoms with E-state index in [2.05, 4.69) is 19.2 Å². The Balaban J connectivity index is 2.10. The molecule has 0 saturated carbocycles. The van der Waals surface area contributed by atoms with Crippen molar-refractivity contribution in [1.82, 2.24) is 0 Å². The van der Waals surface area contributed by atoms with Crippen molar-refractivity contribution in [1.29, 1.82) is 0 Å². The topological polar surface area (TPSA) is 47.6 Å². The van der Waals surface area contributed by atoms with Crippen LogP contribution in [0.1, 0.15) is 49.9 Å². The Labute approximate surface area is 150 Å². The fourth-order valence-corrected chi connectivity index (χ4v) is 2.32. The molecule has 0 bridgehead atoms. The molecule has 2 rings (SSSR count). The van der Waals surface area contributed by atoms with Crippen LogP contribution in [0.3, 0.4) is 0 Å². The van der Waals surface area contributed by atoms with Crippen LogP contribution in [0.5, 0.6) is 11.5 Å². The molecule has 134 valence electrons. The first-order valence-electron chi connectivity index (χ1n) is 9.01. The Morgan fingerprint density at radius 2 is 1.40 bits per heavy atom. The molecule has 0 spiro atoms. The molecule has 4 heteroatoms. The summed E-state index contributed by atoms with van der Waals surface area (Å²) in [6, 6.07) is 14.8. The summed E-state index contributed by atoms with van der Waals surface area (Å²) in [4.78, 5) is 12.7. The van der Waals surface area contributed by atoms with Crippen LogP contribution in [-0.4, -0.2) is 19.1 Å². The molecule has 2 aromatic rings. The van der Waals surface area contributed by atoms with Gasteiger partial charge in [-0.1, -0.05) is 51.0 Å². The molecular formula is C21H27NO3. The zero-order valence-corrected chi connectivity index (χ0v) is 15.1. The summed E-state index contributed by atoms with van der Waals surface area (Å²) in [6.45, 7) is 5.47. The van der Waals surface area contributed by atoms with E-state index in [1.807, 2.05) is 42.5 Å². The van der Waals surface area contributed by atoms with Gasteiger partial charge in [0.25, 0.3) is 5.91 Å². The number of unbranched alkanes of at least 4 members (excludes halogenated alkanes) is 2. The molecule has 0 aromatic heterocycles. The predicted octanol–water partition coefficient (Wildman–Crippen LogP) is 5.30. The molecule has 0 aliphatic carbocycles. The zero-order valence-electron chi connectivity index (χ0n) is 15.1. The third kappa shape index (κ3) is 5.82. The molecule has 0 heterocycles. The van der Waals surface area contributed by atoms with E-state index >= 15 is 0 Å². The third-order valence-corrected chi connectivity index (χ3v) is 3.78. The fraction of sp³-hybridized carbons (Fsp3) is 0.381. The van der Waals surface area contributed by atoms with Crippen molar-refractivity contribution in [2.45, 2.75) is 39.5 Å². The van der Waals surface area contributed by atoms with E-state index in [4.69, 9.17) is 9.47 Å². The highest BCUT2D eigenvalue weighted by Gasteiger charge is 2.14. The van der Waals surface area contributed by atoms with E-state index in [1.54, 1.807) is 6.07 Å². The number of para-hydroxylation sites is 3. The zero-order chi connectivity index (χ0) is 17.9. The van der Waals surface area contributed by atoms with Crippen LogP contribution in [0.25, 0.3) is 0 Å². The molecule has 0 fully saturated rings. The minimum atomic E-state index is -0.196. The lowest BCUT2D eigenvalue weighted by atomic mass is 10.1. The van der Waals surface area contributed by atoms with Gasteiger partial charge in [0.05, 0.1) is 24.5 Å². The van der Waals surface area contributed by atoms with Crippen molar-refractivity contribution in [3.05, 3.63) is 54.1 Å². The number of rotatable bonds is 10. The van der Waals surface area contributed by atoms with E-state index < -0.39 is 0 Å².